The van der Waals surface area contributed by atoms with E-state index in [4.69, 9.17) is 2.74 Å². The average molecular weight is 70.1 g/mol. The lowest BCUT2D eigenvalue weighted by Crippen LogP contribution is -1.16. The van der Waals surface area contributed by atoms with Crippen LogP contribution in [0.3, 0.4) is 0 Å². The minimum Gasteiger partial charge on any atom is -0.473 e. The first-order valence-corrected chi connectivity index (χ1v) is 1.31. The van der Waals surface area contributed by atoms with E-state index in [1.165, 1.54) is 12.3 Å². The molecule has 0 atom stereocenters. The molecule has 0 aliphatic carbocycles. The van der Waals surface area contributed by atoms with Gasteiger partial charge in [-0.05, 0) is 12.1 Å². The number of furan rings is 1. The molecule has 1 heterocycles. The summed E-state index contributed by atoms with van der Waals surface area (Å²) in [6, 6.07) is 1.59. The molecule has 1 rings (SSSR count). The standard InChI is InChI=1S/C4H4O/c1-2-4-5-3-1/h1-4H/i1D,4D. The van der Waals surface area contributed by atoms with Crippen molar-refractivity contribution < 1.29 is 7.16 Å². The Bertz CT molecular complexity index is 142. The van der Waals surface area contributed by atoms with Crippen LogP contribution in [-0.2, 0) is 0 Å². The monoisotopic (exact) mass is 70.0 g/mol. The van der Waals surface area contributed by atoms with Gasteiger partial charge in [-0.3, -0.25) is 0 Å². The Morgan fingerprint density at radius 3 is 3.00 bits per heavy atom. The van der Waals surface area contributed by atoms with Crippen molar-refractivity contribution in [2.45, 2.75) is 0 Å². The van der Waals surface area contributed by atoms with E-state index in [0.29, 0.717) is 0 Å². The smallest absolute Gasteiger partial charge is 0.104 e. The van der Waals surface area contributed by atoms with Gasteiger partial charge < -0.3 is 4.42 Å². The van der Waals surface area contributed by atoms with Crippen molar-refractivity contribution in [3.63, 3.8) is 0 Å². The maximum atomic E-state index is 6.80. The molecule has 0 saturated carbocycles. The van der Waals surface area contributed by atoms with Gasteiger partial charge in [-0.15, -0.1) is 0 Å². The molecule has 0 bridgehead atoms. The van der Waals surface area contributed by atoms with Gasteiger partial charge in [-0.2, -0.15) is 0 Å². The van der Waals surface area contributed by atoms with Crippen LogP contribution in [-0.4, -0.2) is 0 Å². The molecule has 0 unspecified atom stereocenters. The molecule has 0 aliphatic rings. The highest BCUT2D eigenvalue weighted by Gasteiger charge is 1.58. The second-order valence-corrected chi connectivity index (χ2v) is 0.665. The van der Waals surface area contributed by atoms with Crippen molar-refractivity contribution in [1.82, 2.24) is 0 Å². The summed E-state index contributed by atoms with van der Waals surface area (Å²) in [6.45, 7) is 0. The molecular weight excluding hydrogens is 64.0 g/mol. The van der Waals surface area contributed by atoms with Crippen LogP contribution in [0.15, 0.2) is 29.0 Å². The average Bonchev–Trinajstić information content (AvgIpc) is 1.87. The third-order valence-electron chi connectivity index (χ3n) is 0.337. The summed E-state index contributed by atoms with van der Waals surface area (Å²) < 4.78 is 18.0. The minimum absolute atomic E-state index is 0.0463. The van der Waals surface area contributed by atoms with Crippen LogP contribution >= 0.6 is 0 Å². The predicted octanol–water partition coefficient (Wildman–Crippen LogP) is 1.28. The molecule has 0 radical (unpaired) electrons. The second kappa shape index (κ2) is 0.931. The molecule has 0 amide bonds. The van der Waals surface area contributed by atoms with Crippen LogP contribution < -0.4 is 0 Å². The molecule has 1 aromatic heterocycles. The Balaban J connectivity index is 3.04. The molecule has 1 nitrogen and oxygen atoms in total. The summed E-state index contributed by atoms with van der Waals surface area (Å²) in [5.74, 6) is 0. The molecule has 0 spiro atoms. The van der Waals surface area contributed by atoms with Crippen LogP contribution in [0.1, 0.15) is 2.74 Å². The molecular formula is C4H4O. The maximum absolute atomic E-state index is 6.80. The van der Waals surface area contributed by atoms with Gasteiger partial charge in [0, 0.05) is 0 Å². The molecule has 5 heavy (non-hydrogen) atoms. The highest BCUT2D eigenvalue weighted by molar-refractivity contribution is 4.79. The number of hydrogen-bond acceptors (Lipinski definition) is 1. The molecule has 0 N–H and O–H groups in total. The van der Waals surface area contributed by atoms with Gasteiger partial charge in [0.2, 0.25) is 0 Å². The van der Waals surface area contributed by atoms with E-state index in [0.717, 1.165) is 0 Å². The van der Waals surface area contributed by atoms with E-state index in [1.54, 1.807) is 0 Å². The van der Waals surface area contributed by atoms with Crippen molar-refractivity contribution >= 4 is 0 Å². The summed E-state index contributed by atoms with van der Waals surface area (Å²) >= 11 is 0. The first-order chi connectivity index (χ1) is 3.29. The third kappa shape index (κ3) is 0.293. The number of hydrogen-bond donors (Lipinski definition) is 0. The quantitative estimate of drug-likeness (QED) is 0.448. The van der Waals surface area contributed by atoms with Crippen molar-refractivity contribution in [3.8, 4) is 0 Å². The van der Waals surface area contributed by atoms with Crippen molar-refractivity contribution in [1.29, 1.82) is 0 Å². The summed E-state index contributed by atoms with van der Waals surface area (Å²) in [4.78, 5) is 0. The van der Waals surface area contributed by atoms with Crippen molar-refractivity contribution in [2.75, 3.05) is 0 Å². The zero-order chi connectivity index (χ0) is 5.28. The Morgan fingerprint density at radius 2 is 2.80 bits per heavy atom. The summed E-state index contributed by atoms with van der Waals surface area (Å²) in [6.07, 6.45) is 1.27. The molecule has 26 valence electrons. The first-order valence-electron chi connectivity index (χ1n) is 2.31. The molecule has 1 aromatic rings. The molecule has 0 aliphatic heterocycles. The van der Waals surface area contributed by atoms with E-state index in [-0.39, 0.29) is 12.3 Å². The van der Waals surface area contributed by atoms with Gasteiger partial charge in [-0.1, -0.05) is 0 Å². The van der Waals surface area contributed by atoms with Gasteiger partial charge in [0.15, 0.2) is 0 Å². The molecule has 1 heteroatoms. The Morgan fingerprint density at radius 1 is 1.80 bits per heavy atom. The van der Waals surface area contributed by atoms with Crippen LogP contribution in [0.25, 0.3) is 0 Å². The summed E-state index contributed by atoms with van der Waals surface area (Å²) in [5, 5.41) is 0. The number of rotatable bonds is 0. The predicted molar refractivity (Wildman–Crippen MR) is 18.7 cm³/mol. The van der Waals surface area contributed by atoms with E-state index in [9.17, 15) is 0 Å². The highest BCUT2D eigenvalue weighted by Crippen LogP contribution is 1.79. The summed E-state index contributed by atoms with van der Waals surface area (Å²) in [5.41, 5.74) is 0. The second-order valence-electron chi connectivity index (χ2n) is 0.665. The third-order valence-corrected chi connectivity index (χ3v) is 0.337. The Labute approximate surface area is 33.0 Å². The van der Waals surface area contributed by atoms with Gasteiger partial charge in [0.1, 0.15) is 1.37 Å². The lowest BCUT2D eigenvalue weighted by atomic mass is 10.7. The van der Waals surface area contributed by atoms with Gasteiger partial charge in [-0.25, -0.2) is 0 Å². The van der Waals surface area contributed by atoms with Crippen LogP contribution in [0.2, 0.25) is 0 Å². The first kappa shape index (κ1) is 1.17. The Hall–Kier alpha value is -0.720. The molecule has 0 saturated heterocycles. The molecule has 0 fully saturated rings. The SMILES string of the molecule is [2H]c1coc([2H])c1. The van der Waals surface area contributed by atoms with E-state index in [2.05, 4.69) is 4.42 Å². The van der Waals surface area contributed by atoms with E-state index in [1.807, 2.05) is 0 Å². The van der Waals surface area contributed by atoms with Crippen molar-refractivity contribution in [2.24, 2.45) is 0 Å². The van der Waals surface area contributed by atoms with Crippen LogP contribution in [0, 0.1) is 0 Å². The van der Waals surface area contributed by atoms with Gasteiger partial charge >= 0.3 is 0 Å². The maximum Gasteiger partial charge on any atom is 0.104 e. The molecule has 0 aromatic carbocycles. The summed E-state index contributed by atoms with van der Waals surface area (Å²) in [7, 11) is 0. The normalized spacial score (nSPS) is 13.6. The van der Waals surface area contributed by atoms with Gasteiger partial charge in [0.05, 0.1) is 13.9 Å². The van der Waals surface area contributed by atoms with Gasteiger partial charge in [0.25, 0.3) is 0 Å². The highest BCUT2D eigenvalue weighted by atomic mass is 16.3. The Kier molecular flexibility index (Phi) is 0.217. The fourth-order valence-corrected chi connectivity index (χ4v) is 0.170. The lowest BCUT2D eigenvalue weighted by Gasteiger charge is -1.50. The lowest BCUT2D eigenvalue weighted by molar-refractivity contribution is 0.567. The topological polar surface area (TPSA) is 13.1 Å². The largest absolute Gasteiger partial charge is 0.473 e. The fourth-order valence-electron chi connectivity index (χ4n) is 0.170. The van der Waals surface area contributed by atoms with Crippen LogP contribution in [0.5, 0.6) is 0 Å². The fraction of sp³-hybridized carbons (Fsp3) is 0. The van der Waals surface area contributed by atoms with Crippen molar-refractivity contribution in [3.05, 3.63) is 24.6 Å². The van der Waals surface area contributed by atoms with E-state index >= 15 is 0 Å². The van der Waals surface area contributed by atoms with Crippen LogP contribution in [0.4, 0.5) is 0 Å². The zero-order valence-electron chi connectivity index (χ0n) is 4.56. The minimum atomic E-state index is 0.0463. The van der Waals surface area contributed by atoms with E-state index < -0.39 is 0 Å². The zero-order valence-corrected chi connectivity index (χ0v) is 2.56.